The Balaban J connectivity index is 0.000000882. The second-order valence-electron chi connectivity index (χ2n) is 17.1. The van der Waals surface area contributed by atoms with Crippen LogP contribution in [-0.4, -0.2) is 16.5 Å². The number of rotatable bonds is 14. The van der Waals surface area contributed by atoms with Crippen LogP contribution in [0.2, 0.25) is 33.2 Å². The topological polar surface area (TPSA) is 28.2 Å². The number of hydrogen-bond acceptors (Lipinski definition) is 0. The summed E-state index contributed by atoms with van der Waals surface area (Å²) in [6, 6.07) is 13.6. The molecule has 47 heavy (non-hydrogen) atoms. The third-order valence-corrected chi connectivity index (χ3v) is 23.2. The van der Waals surface area contributed by atoms with E-state index in [1.165, 1.54) is 33.6 Å². The Hall–Kier alpha value is -0.994. The zero-order valence-electron chi connectivity index (χ0n) is 34.5. The van der Waals surface area contributed by atoms with Gasteiger partial charge >= 0.3 is 17.4 Å². The van der Waals surface area contributed by atoms with E-state index in [1.807, 2.05) is 0 Å². The van der Waals surface area contributed by atoms with Gasteiger partial charge in [-0.1, -0.05) is 230 Å². The summed E-state index contributed by atoms with van der Waals surface area (Å²) >= 11 is 0. The standard InChI is InChI=1S/2C21H38NSi.Cr/c2*1-14(2)19-12-11-13-20(15(3)4)21(19)22-23(16(5)6,17(7)8)18(9)10;/h2*11-18H,1-10H3;/q2*-1;+2. The van der Waals surface area contributed by atoms with Gasteiger partial charge in [-0.05, 0) is 40.1 Å². The molecule has 2 rings (SSSR count). The Labute approximate surface area is 307 Å². The summed E-state index contributed by atoms with van der Waals surface area (Å²) in [5.74, 6) is 2.08. The minimum atomic E-state index is -1.80. The molecule has 0 aliphatic rings. The van der Waals surface area contributed by atoms with Crippen molar-refractivity contribution in [1.82, 2.24) is 0 Å². The van der Waals surface area contributed by atoms with Gasteiger partial charge < -0.3 is 9.96 Å². The third kappa shape index (κ3) is 10.5. The van der Waals surface area contributed by atoms with Gasteiger partial charge in [0.2, 0.25) is 0 Å². The molecule has 5 heteroatoms. The average molecular weight is 717 g/mol. The molecule has 0 N–H and O–H groups in total. The largest absolute Gasteiger partial charge is 2.00 e. The van der Waals surface area contributed by atoms with Gasteiger partial charge in [-0.25, -0.2) is 0 Å². The Morgan fingerprint density at radius 2 is 0.511 bits per heavy atom. The first-order valence-corrected chi connectivity index (χ1v) is 23.2. The molecule has 0 aromatic heterocycles. The maximum atomic E-state index is 5.67. The predicted octanol–water partition coefficient (Wildman–Crippen LogP) is 16.2. The molecule has 0 atom stereocenters. The number of nitrogens with zero attached hydrogens (tertiary/aromatic N) is 2. The van der Waals surface area contributed by atoms with Crippen LogP contribution in [-0.2, 0) is 17.4 Å². The molecule has 0 spiro atoms. The first-order valence-electron chi connectivity index (χ1n) is 18.8. The maximum absolute atomic E-state index is 5.67. The monoisotopic (exact) mass is 716 g/mol. The summed E-state index contributed by atoms with van der Waals surface area (Å²) in [4.78, 5) is 11.3. The molecule has 0 unspecified atom stereocenters. The molecule has 2 nitrogen and oxygen atoms in total. The number of benzene rings is 2. The van der Waals surface area contributed by atoms with E-state index in [9.17, 15) is 0 Å². The van der Waals surface area contributed by atoms with Crippen molar-refractivity contribution in [1.29, 1.82) is 0 Å². The van der Waals surface area contributed by atoms with Gasteiger partial charge in [0.15, 0.2) is 0 Å². The Morgan fingerprint density at radius 1 is 0.340 bits per heavy atom. The van der Waals surface area contributed by atoms with E-state index in [-0.39, 0.29) is 17.4 Å². The van der Waals surface area contributed by atoms with Crippen molar-refractivity contribution in [2.24, 2.45) is 0 Å². The van der Waals surface area contributed by atoms with E-state index in [2.05, 4.69) is 175 Å². The molecular formula is C42H76CrN2Si2. The van der Waals surface area contributed by atoms with E-state index < -0.39 is 16.5 Å². The number of hydrogen-bond donors (Lipinski definition) is 0. The van der Waals surface area contributed by atoms with Crippen LogP contribution in [0.25, 0.3) is 9.96 Å². The third-order valence-electron chi connectivity index (χ3n) is 10.8. The van der Waals surface area contributed by atoms with Crippen LogP contribution < -0.4 is 0 Å². The molecule has 0 aliphatic carbocycles. The smallest absolute Gasteiger partial charge is 0.686 e. The maximum Gasteiger partial charge on any atom is 2.00 e. The van der Waals surface area contributed by atoms with Crippen LogP contribution in [0.3, 0.4) is 0 Å². The van der Waals surface area contributed by atoms with Crippen LogP contribution in [0.15, 0.2) is 36.4 Å². The zero-order valence-corrected chi connectivity index (χ0v) is 37.8. The molecule has 0 heterocycles. The van der Waals surface area contributed by atoms with Crippen LogP contribution in [0.4, 0.5) is 11.4 Å². The van der Waals surface area contributed by atoms with Crippen LogP contribution in [0, 0.1) is 0 Å². The van der Waals surface area contributed by atoms with Gasteiger partial charge in [0.05, 0.1) is 0 Å². The SMILES string of the molecule is CC(C)c1cccc(C(C)C)c1[N-][Si](C(C)C)(C(C)C)C(C)C.CC(C)c1cccc(C(C)C)c1[N-][Si](C(C)C)(C(C)C)C(C)C.[Cr+2]. The van der Waals surface area contributed by atoms with Crippen molar-refractivity contribution in [3.63, 3.8) is 0 Å². The van der Waals surface area contributed by atoms with E-state index in [0.717, 1.165) is 0 Å². The van der Waals surface area contributed by atoms with Gasteiger partial charge in [-0.2, -0.15) is 0 Å². The van der Waals surface area contributed by atoms with Crippen molar-refractivity contribution in [2.45, 2.75) is 195 Å². The predicted molar refractivity (Wildman–Crippen MR) is 217 cm³/mol. The summed E-state index contributed by atoms with van der Waals surface area (Å²) in [6.07, 6.45) is 0. The van der Waals surface area contributed by atoms with Crippen molar-refractivity contribution < 1.29 is 17.4 Å². The zero-order chi connectivity index (χ0) is 35.9. The van der Waals surface area contributed by atoms with E-state index >= 15 is 0 Å². The Bertz CT molecular complexity index is 1010. The molecule has 0 fully saturated rings. The van der Waals surface area contributed by atoms with Gasteiger partial charge in [-0.3, -0.25) is 0 Å². The molecule has 0 saturated carbocycles. The van der Waals surface area contributed by atoms with Gasteiger partial charge in [0.1, 0.15) is 0 Å². The summed E-state index contributed by atoms with van der Waals surface area (Å²) in [6.45, 7) is 47.0. The van der Waals surface area contributed by atoms with E-state index in [4.69, 9.17) is 9.96 Å². The molecule has 2 aromatic carbocycles. The van der Waals surface area contributed by atoms with Crippen LogP contribution in [0.5, 0.6) is 0 Å². The van der Waals surface area contributed by atoms with Crippen molar-refractivity contribution in [3.05, 3.63) is 68.6 Å². The second kappa shape index (κ2) is 19.4. The van der Waals surface area contributed by atoms with E-state index in [1.54, 1.807) is 0 Å². The fraction of sp³-hybridized carbons (Fsp3) is 0.714. The van der Waals surface area contributed by atoms with Crippen molar-refractivity contribution in [3.8, 4) is 0 Å². The minimum Gasteiger partial charge on any atom is -0.686 e. The molecule has 0 radical (unpaired) electrons. The van der Waals surface area contributed by atoms with Gasteiger partial charge in [0, 0.05) is 0 Å². The molecule has 0 bridgehead atoms. The fourth-order valence-electron chi connectivity index (χ4n) is 8.44. The molecule has 0 saturated heterocycles. The summed E-state index contributed by atoms with van der Waals surface area (Å²) in [5, 5.41) is 0. The van der Waals surface area contributed by atoms with E-state index in [0.29, 0.717) is 56.9 Å². The first kappa shape index (κ1) is 46.0. The first-order chi connectivity index (χ1) is 21.1. The van der Waals surface area contributed by atoms with Crippen molar-refractivity contribution >= 4 is 27.8 Å². The second-order valence-corrected chi connectivity index (χ2v) is 28.0. The Kier molecular flexibility index (Phi) is 19.0. The summed E-state index contributed by atoms with van der Waals surface area (Å²) in [5.41, 5.74) is 12.3. The van der Waals surface area contributed by atoms with Crippen LogP contribution in [0.1, 0.15) is 184 Å². The Morgan fingerprint density at radius 3 is 0.638 bits per heavy atom. The molecule has 0 amide bonds. The minimum absolute atomic E-state index is 0. The molecule has 268 valence electrons. The van der Waals surface area contributed by atoms with Crippen LogP contribution >= 0.6 is 0 Å². The molecule has 0 aliphatic heterocycles. The molecule has 2 aromatic rings. The summed E-state index contributed by atoms with van der Waals surface area (Å²) in [7, 11) is -3.60. The van der Waals surface area contributed by atoms with Gasteiger partial charge in [-0.15, -0.1) is 11.4 Å². The van der Waals surface area contributed by atoms with Gasteiger partial charge in [0.25, 0.3) is 0 Å². The van der Waals surface area contributed by atoms with Crippen molar-refractivity contribution in [2.75, 3.05) is 0 Å². The normalized spacial score (nSPS) is 12.7. The quantitative estimate of drug-likeness (QED) is 0.174. The average Bonchev–Trinajstić information content (AvgIpc) is 2.92. The summed E-state index contributed by atoms with van der Waals surface area (Å²) < 4.78 is 0. The fourth-order valence-corrected chi connectivity index (χ4v) is 19.3. The molecular weight excluding hydrogens is 641 g/mol.